The van der Waals surface area contributed by atoms with Crippen molar-refractivity contribution in [3.05, 3.63) is 104 Å². The van der Waals surface area contributed by atoms with Gasteiger partial charge < -0.3 is 9.47 Å². The van der Waals surface area contributed by atoms with Gasteiger partial charge in [0.05, 0.1) is 18.6 Å². The molecule has 7 nitrogen and oxygen atoms in total. The molecule has 2 aromatic heterocycles. The van der Waals surface area contributed by atoms with E-state index in [2.05, 4.69) is 0 Å². The molecule has 3 heterocycles. The lowest BCUT2D eigenvalue weighted by atomic mass is 10.1. The van der Waals surface area contributed by atoms with Gasteiger partial charge in [-0.1, -0.05) is 54.3 Å². The van der Waals surface area contributed by atoms with Gasteiger partial charge in [0.2, 0.25) is 5.88 Å². The topological polar surface area (TPSA) is 73.1 Å². The zero-order valence-corrected chi connectivity index (χ0v) is 23.0. The fraction of sp³-hybridized carbons (Fsp3) is 0.172. The van der Waals surface area contributed by atoms with Crippen molar-refractivity contribution in [3.63, 3.8) is 0 Å². The maximum atomic E-state index is 13.7. The second kappa shape index (κ2) is 10.4. The molecule has 1 aliphatic heterocycles. The highest BCUT2D eigenvalue weighted by Gasteiger charge is 2.33. The molecule has 0 N–H and O–H groups in total. The van der Waals surface area contributed by atoms with E-state index in [1.807, 2.05) is 69.3 Å². The average Bonchev–Trinajstić information content (AvgIpc) is 3.17. The van der Waals surface area contributed by atoms with Crippen LogP contribution in [0.25, 0.3) is 11.7 Å². The SMILES string of the molecule is COc1ccc(CN2C(=O)/C(=C\c3c(Oc4cccc(C)c4C)nc4c(C)cccn4c3=O)SC2=S)cc1. The third kappa shape index (κ3) is 4.82. The van der Waals surface area contributed by atoms with Crippen molar-refractivity contribution < 1.29 is 14.3 Å². The van der Waals surface area contributed by atoms with E-state index in [-0.39, 0.29) is 22.9 Å². The quantitative estimate of drug-likeness (QED) is 0.224. The Balaban J connectivity index is 1.57. The van der Waals surface area contributed by atoms with E-state index in [1.165, 1.54) is 15.4 Å². The van der Waals surface area contributed by atoms with E-state index in [9.17, 15) is 9.59 Å². The number of ether oxygens (including phenoxy) is 2. The van der Waals surface area contributed by atoms with Gasteiger partial charge >= 0.3 is 0 Å². The van der Waals surface area contributed by atoms with Crippen molar-refractivity contribution in [3.8, 4) is 17.4 Å². The molecule has 2 aromatic carbocycles. The Morgan fingerprint density at radius 3 is 2.47 bits per heavy atom. The number of fused-ring (bicyclic) bond motifs is 1. The number of hydrogen-bond donors (Lipinski definition) is 0. The summed E-state index contributed by atoms with van der Waals surface area (Å²) in [5.74, 6) is 1.19. The minimum Gasteiger partial charge on any atom is -0.497 e. The van der Waals surface area contributed by atoms with Gasteiger partial charge in [-0.05, 0) is 73.4 Å². The van der Waals surface area contributed by atoms with Gasteiger partial charge in [0.25, 0.3) is 11.5 Å². The number of thioether (sulfide) groups is 1. The summed E-state index contributed by atoms with van der Waals surface area (Å²) in [5, 5.41) is 0. The zero-order valence-electron chi connectivity index (χ0n) is 21.3. The highest BCUT2D eigenvalue weighted by molar-refractivity contribution is 8.26. The van der Waals surface area contributed by atoms with Crippen molar-refractivity contribution in [2.75, 3.05) is 7.11 Å². The summed E-state index contributed by atoms with van der Waals surface area (Å²) in [7, 11) is 1.60. The molecule has 0 unspecified atom stereocenters. The number of carbonyl (C=O) groups is 1. The van der Waals surface area contributed by atoms with E-state index in [0.717, 1.165) is 39.8 Å². The third-order valence-corrected chi connectivity index (χ3v) is 7.84. The predicted octanol–water partition coefficient (Wildman–Crippen LogP) is 5.82. The fourth-order valence-corrected chi connectivity index (χ4v) is 5.35. The first-order valence-electron chi connectivity index (χ1n) is 11.9. The molecule has 1 aliphatic rings. The minimum atomic E-state index is -0.334. The highest BCUT2D eigenvalue weighted by Crippen LogP contribution is 2.35. The van der Waals surface area contributed by atoms with Crippen LogP contribution in [0.15, 0.2) is 70.5 Å². The zero-order chi connectivity index (χ0) is 27.0. The normalized spacial score (nSPS) is 14.5. The number of amides is 1. The van der Waals surface area contributed by atoms with Gasteiger partial charge in [0, 0.05) is 6.20 Å². The highest BCUT2D eigenvalue weighted by atomic mass is 32.2. The van der Waals surface area contributed by atoms with Gasteiger partial charge in [0.1, 0.15) is 27.0 Å². The van der Waals surface area contributed by atoms with E-state index in [4.69, 9.17) is 26.7 Å². The molecular weight excluding hydrogens is 518 g/mol. The predicted molar refractivity (Wildman–Crippen MR) is 154 cm³/mol. The summed E-state index contributed by atoms with van der Waals surface area (Å²) in [6.07, 6.45) is 3.20. The number of hydrogen-bond acceptors (Lipinski definition) is 7. The molecule has 1 amide bonds. The number of benzene rings is 2. The van der Waals surface area contributed by atoms with Crippen molar-refractivity contribution >= 4 is 45.9 Å². The maximum absolute atomic E-state index is 13.7. The fourth-order valence-electron chi connectivity index (χ4n) is 4.11. The van der Waals surface area contributed by atoms with E-state index < -0.39 is 0 Å². The van der Waals surface area contributed by atoms with E-state index in [0.29, 0.717) is 27.2 Å². The third-order valence-electron chi connectivity index (χ3n) is 6.46. The molecule has 9 heteroatoms. The van der Waals surface area contributed by atoms with Crippen LogP contribution < -0.4 is 15.0 Å². The van der Waals surface area contributed by atoms with E-state index in [1.54, 1.807) is 19.4 Å². The molecule has 0 saturated carbocycles. The number of rotatable bonds is 6. The number of thiocarbonyl (C=S) groups is 1. The van der Waals surface area contributed by atoms with Crippen LogP contribution in [0.4, 0.5) is 0 Å². The molecular formula is C29H25N3O4S2. The Morgan fingerprint density at radius 2 is 1.74 bits per heavy atom. The van der Waals surface area contributed by atoms with Gasteiger partial charge in [-0.25, -0.2) is 0 Å². The lowest BCUT2D eigenvalue weighted by Crippen LogP contribution is -2.27. The Morgan fingerprint density at radius 1 is 1.00 bits per heavy atom. The first-order valence-corrected chi connectivity index (χ1v) is 13.1. The molecule has 1 saturated heterocycles. The maximum Gasteiger partial charge on any atom is 0.269 e. The Bertz CT molecular complexity index is 1680. The number of aromatic nitrogens is 2. The Kier molecular flexibility index (Phi) is 7.05. The number of methoxy groups -OCH3 is 1. The standard InChI is InChI=1S/C29H25N3O4S2/c1-17-7-5-9-23(19(17)3)36-26-22(27(33)31-14-6-8-18(2)25(31)30-26)15-24-28(34)32(29(37)38-24)16-20-10-12-21(35-4)13-11-20/h5-15H,16H2,1-4H3/b24-15+. The first-order chi connectivity index (χ1) is 18.3. The molecule has 4 aromatic rings. The van der Waals surface area contributed by atoms with Crippen molar-refractivity contribution in [1.82, 2.24) is 14.3 Å². The molecule has 38 heavy (non-hydrogen) atoms. The van der Waals surface area contributed by atoms with Crippen LogP contribution in [0.1, 0.15) is 27.8 Å². The molecule has 5 rings (SSSR count). The summed E-state index contributed by atoms with van der Waals surface area (Å²) in [6, 6.07) is 16.8. The van der Waals surface area contributed by atoms with Crippen molar-refractivity contribution in [2.24, 2.45) is 0 Å². The van der Waals surface area contributed by atoms with Crippen LogP contribution in [0.5, 0.6) is 17.4 Å². The Hall–Kier alpha value is -3.95. The van der Waals surface area contributed by atoms with Crippen LogP contribution in [0.2, 0.25) is 0 Å². The summed E-state index contributed by atoms with van der Waals surface area (Å²) >= 11 is 6.68. The molecule has 0 atom stereocenters. The first kappa shape index (κ1) is 25.7. The smallest absolute Gasteiger partial charge is 0.269 e. The monoisotopic (exact) mass is 543 g/mol. The summed E-state index contributed by atoms with van der Waals surface area (Å²) in [4.78, 5) is 33.6. The molecule has 0 radical (unpaired) electrons. The average molecular weight is 544 g/mol. The number of pyridine rings is 1. The summed E-state index contributed by atoms with van der Waals surface area (Å²) < 4.78 is 13.3. The number of aryl methyl sites for hydroxylation is 2. The van der Waals surface area contributed by atoms with Gasteiger partial charge in [-0.2, -0.15) is 4.98 Å². The molecule has 192 valence electrons. The minimum absolute atomic E-state index is 0.137. The van der Waals surface area contributed by atoms with E-state index >= 15 is 0 Å². The number of carbonyl (C=O) groups excluding carboxylic acids is 1. The lowest BCUT2D eigenvalue weighted by Gasteiger charge is -2.15. The molecule has 0 spiro atoms. The van der Waals surface area contributed by atoms with Gasteiger partial charge in [-0.3, -0.25) is 18.9 Å². The second-order valence-electron chi connectivity index (χ2n) is 8.94. The van der Waals surface area contributed by atoms with Crippen LogP contribution in [0, 0.1) is 20.8 Å². The van der Waals surface area contributed by atoms with Crippen LogP contribution in [-0.2, 0) is 11.3 Å². The summed E-state index contributed by atoms with van der Waals surface area (Å²) in [5.41, 5.74) is 4.06. The van der Waals surface area contributed by atoms with Crippen molar-refractivity contribution in [2.45, 2.75) is 27.3 Å². The lowest BCUT2D eigenvalue weighted by molar-refractivity contribution is -0.122. The van der Waals surface area contributed by atoms with Crippen molar-refractivity contribution in [1.29, 1.82) is 0 Å². The van der Waals surface area contributed by atoms with Crippen LogP contribution in [-0.4, -0.2) is 31.6 Å². The largest absolute Gasteiger partial charge is 0.497 e. The van der Waals surface area contributed by atoms with Crippen LogP contribution in [0.3, 0.4) is 0 Å². The molecule has 0 bridgehead atoms. The molecule has 1 fully saturated rings. The van der Waals surface area contributed by atoms with Gasteiger partial charge in [-0.15, -0.1) is 0 Å². The summed E-state index contributed by atoms with van der Waals surface area (Å²) in [6.45, 7) is 6.14. The van der Waals surface area contributed by atoms with Crippen LogP contribution >= 0.6 is 24.0 Å². The number of nitrogens with zero attached hydrogens (tertiary/aromatic N) is 3. The Labute approximate surface area is 229 Å². The van der Waals surface area contributed by atoms with Gasteiger partial charge in [0.15, 0.2) is 0 Å². The molecule has 0 aliphatic carbocycles. The second-order valence-corrected chi connectivity index (χ2v) is 10.6.